The van der Waals surface area contributed by atoms with E-state index < -0.39 is 5.92 Å². The van der Waals surface area contributed by atoms with Gasteiger partial charge >= 0.3 is 0 Å². The van der Waals surface area contributed by atoms with Crippen LogP contribution >= 0.6 is 11.8 Å². The molecular weight excluding hydrogens is 352 g/mol. The third-order valence-corrected chi connectivity index (χ3v) is 5.36. The van der Waals surface area contributed by atoms with Gasteiger partial charge in [-0.1, -0.05) is 110 Å². The number of hydrogen-bond acceptors (Lipinski definition) is 3. The zero-order valence-corrected chi connectivity index (χ0v) is 16.1. The summed E-state index contributed by atoms with van der Waals surface area (Å²) in [6, 6.07) is 28.8. The Balaban J connectivity index is 2.13. The monoisotopic (exact) mass is 374 g/mol. The van der Waals surface area contributed by atoms with Crippen molar-refractivity contribution in [2.24, 2.45) is 5.92 Å². The van der Waals surface area contributed by atoms with Crippen molar-refractivity contribution < 1.29 is 9.59 Å². The summed E-state index contributed by atoms with van der Waals surface area (Å²) < 4.78 is 0. The first-order valence-corrected chi connectivity index (χ1v) is 10.1. The van der Waals surface area contributed by atoms with E-state index in [4.69, 9.17) is 0 Å². The molecule has 27 heavy (non-hydrogen) atoms. The van der Waals surface area contributed by atoms with Gasteiger partial charge < -0.3 is 0 Å². The van der Waals surface area contributed by atoms with Crippen LogP contribution in [-0.4, -0.2) is 16.7 Å². The number of benzene rings is 3. The van der Waals surface area contributed by atoms with Crippen LogP contribution in [0.2, 0.25) is 0 Å². The molecule has 0 N–H and O–H groups in total. The van der Waals surface area contributed by atoms with E-state index in [1.54, 1.807) is 12.1 Å². The van der Waals surface area contributed by atoms with Crippen LogP contribution in [0.5, 0.6) is 0 Å². The number of thioether (sulfide) groups is 1. The van der Waals surface area contributed by atoms with Crippen molar-refractivity contribution in [1.82, 2.24) is 0 Å². The lowest BCUT2D eigenvalue weighted by molar-refractivity contribution is -0.113. The molecule has 0 saturated heterocycles. The molecule has 0 amide bonds. The Morgan fingerprint density at radius 1 is 0.741 bits per heavy atom. The molecule has 1 atom stereocenters. The highest BCUT2D eigenvalue weighted by Crippen LogP contribution is 2.37. The standard InChI is InChI=1S/C24H22O2S/c1-2-27-24(26)22(23(25)20-16-10-5-11-17-20)21(18-12-6-3-7-13-18)19-14-8-4-9-15-19/h3-17,21-22H,2H2,1H3. The molecule has 136 valence electrons. The lowest BCUT2D eigenvalue weighted by atomic mass is 9.77. The molecule has 0 radical (unpaired) electrons. The molecule has 0 aliphatic carbocycles. The summed E-state index contributed by atoms with van der Waals surface area (Å²) in [5.74, 6) is -0.554. The fourth-order valence-electron chi connectivity index (χ4n) is 3.31. The third-order valence-electron chi connectivity index (χ3n) is 4.53. The van der Waals surface area contributed by atoms with Gasteiger partial charge in [0.05, 0.1) is 0 Å². The lowest BCUT2D eigenvalue weighted by Gasteiger charge is -2.26. The number of hydrogen-bond donors (Lipinski definition) is 0. The van der Waals surface area contributed by atoms with Crippen LogP contribution in [0.3, 0.4) is 0 Å². The largest absolute Gasteiger partial charge is 0.293 e. The van der Waals surface area contributed by atoms with Crippen molar-refractivity contribution in [3.63, 3.8) is 0 Å². The van der Waals surface area contributed by atoms with Gasteiger partial charge in [0.15, 0.2) is 5.78 Å². The second-order valence-electron chi connectivity index (χ2n) is 6.26. The van der Waals surface area contributed by atoms with E-state index in [0.717, 1.165) is 11.1 Å². The molecule has 2 nitrogen and oxygen atoms in total. The number of rotatable bonds is 7. The molecule has 3 rings (SSSR count). The Labute approximate surface area is 164 Å². The zero-order chi connectivity index (χ0) is 19.1. The van der Waals surface area contributed by atoms with Crippen LogP contribution in [0.15, 0.2) is 91.0 Å². The Bertz CT molecular complexity index is 837. The van der Waals surface area contributed by atoms with Crippen molar-refractivity contribution in [1.29, 1.82) is 0 Å². The van der Waals surface area contributed by atoms with Gasteiger partial charge in [-0.2, -0.15) is 0 Å². The SMILES string of the molecule is CCSC(=O)C(C(=O)c1ccccc1)C(c1ccccc1)c1ccccc1. The molecule has 3 aromatic rings. The molecule has 0 saturated carbocycles. The summed E-state index contributed by atoms with van der Waals surface area (Å²) in [7, 11) is 0. The fourth-order valence-corrected chi connectivity index (χ4v) is 4.01. The second kappa shape index (κ2) is 9.33. The topological polar surface area (TPSA) is 34.1 Å². The molecule has 0 heterocycles. The van der Waals surface area contributed by atoms with Crippen LogP contribution < -0.4 is 0 Å². The number of carbonyl (C=O) groups is 2. The van der Waals surface area contributed by atoms with E-state index in [1.165, 1.54) is 11.8 Å². The van der Waals surface area contributed by atoms with Crippen molar-refractivity contribution in [2.45, 2.75) is 12.8 Å². The van der Waals surface area contributed by atoms with Gasteiger partial charge in [0, 0.05) is 11.5 Å². The van der Waals surface area contributed by atoms with Crippen molar-refractivity contribution in [3.05, 3.63) is 108 Å². The minimum atomic E-state index is -0.762. The number of ketones is 1. The Morgan fingerprint density at radius 2 is 1.19 bits per heavy atom. The summed E-state index contributed by atoms with van der Waals surface area (Å²) >= 11 is 1.22. The molecule has 0 fully saturated rings. The predicted octanol–water partition coefficient (Wildman–Crippen LogP) is 5.60. The van der Waals surface area contributed by atoms with Crippen LogP contribution in [0.4, 0.5) is 0 Å². The molecule has 0 aliphatic rings. The van der Waals surface area contributed by atoms with Crippen LogP contribution in [-0.2, 0) is 4.79 Å². The maximum absolute atomic E-state index is 13.4. The average Bonchev–Trinajstić information content (AvgIpc) is 2.73. The van der Waals surface area contributed by atoms with E-state index in [9.17, 15) is 9.59 Å². The van der Waals surface area contributed by atoms with Gasteiger partial charge in [0.1, 0.15) is 5.92 Å². The smallest absolute Gasteiger partial charge is 0.200 e. The van der Waals surface area contributed by atoms with Gasteiger partial charge in [-0.3, -0.25) is 9.59 Å². The second-order valence-corrected chi connectivity index (χ2v) is 7.53. The van der Waals surface area contributed by atoms with E-state index in [2.05, 4.69) is 0 Å². The highest BCUT2D eigenvalue weighted by atomic mass is 32.2. The first-order chi connectivity index (χ1) is 13.2. The highest BCUT2D eigenvalue weighted by molar-refractivity contribution is 8.13. The summed E-state index contributed by atoms with van der Waals surface area (Å²) in [5.41, 5.74) is 2.52. The van der Waals surface area contributed by atoms with Crippen molar-refractivity contribution in [3.8, 4) is 0 Å². The van der Waals surface area contributed by atoms with Gasteiger partial charge in [-0.05, 0) is 16.9 Å². The summed E-state index contributed by atoms with van der Waals surface area (Å²) in [5, 5.41) is -0.0796. The fraction of sp³-hybridized carbons (Fsp3) is 0.167. The quantitative estimate of drug-likeness (QED) is 0.399. The molecule has 0 aliphatic heterocycles. The average molecular weight is 375 g/mol. The third kappa shape index (κ3) is 4.55. The Kier molecular flexibility index (Phi) is 6.61. The lowest BCUT2D eigenvalue weighted by Crippen LogP contribution is -2.30. The molecule has 3 heteroatoms. The Morgan fingerprint density at radius 3 is 1.63 bits per heavy atom. The molecule has 0 spiro atoms. The minimum absolute atomic E-state index is 0.0796. The van der Waals surface area contributed by atoms with Gasteiger partial charge in [-0.25, -0.2) is 0 Å². The number of Topliss-reactive ketones (excluding diaryl/α,β-unsaturated/α-hetero) is 1. The van der Waals surface area contributed by atoms with E-state index in [-0.39, 0.29) is 16.8 Å². The van der Waals surface area contributed by atoms with Crippen LogP contribution in [0, 0.1) is 5.92 Å². The first-order valence-electron chi connectivity index (χ1n) is 9.08. The summed E-state index contributed by atoms with van der Waals surface area (Å²) in [4.78, 5) is 26.5. The van der Waals surface area contributed by atoms with E-state index >= 15 is 0 Å². The summed E-state index contributed by atoms with van der Waals surface area (Å²) in [6.45, 7) is 1.94. The zero-order valence-electron chi connectivity index (χ0n) is 15.2. The number of carbonyl (C=O) groups excluding carboxylic acids is 2. The molecule has 0 bridgehead atoms. The predicted molar refractivity (Wildman–Crippen MR) is 112 cm³/mol. The van der Waals surface area contributed by atoms with Crippen molar-refractivity contribution in [2.75, 3.05) is 5.75 Å². The van der Waals surface area contributed by atoms with E-state index in [0.29, 0.717) is 11.3 Å². The minimum Gasteiger partial charge on any atom is -0.293 e. The maximum Gasteiger partial charge on any atom is 0.200 e. The normalized spacial score (nSPS) is 11.9. The van der Waals surface area contributed by atoms with Crippen molar-refractivity contribution >= 4 is 22.7 Å². The first kappa shape index (κ1) is 19.1. The van der Waals surface area contributed by atoms with Gasteiger partial charge in [0.2, 0.25) is 5.12 Å². The highest BCUT2D eigenvalue weighted by Gasteiger charge is 2.37. The van der Waals surface area contributed by atoms with Gasteiger partial charge in [-0.15, -0.1) is 0 Å². The van der Waals surface area contributed by atoms with Crippen LogP contribution in [0.1, 0.15) is 34.3 Å². The molecule has 0 aromatic heterocycles. The Hall–Kier alpha value is -2.65. The molecule has 3 aromatic carbocycles. The summed E-state index contributed by atoms with van der Waals surface area (Å²) in [6.07, 6.45) is 0. The van der Waals surface area contributed by atoms with Crippen LogP contribution in [0.25, 0.3) is 0 Å². The molecule has 1 unspecified atom stereocenters. The van der Waals surface area contributed by atoms with E-state index in [1.807, 2.05) is 85.8 Å². The molecular formula is C24H22O2S. The maximum atomic E-state index is 13.4. The van der Waals surface area contributed by atoms with Gasteiger partial charge in [0.25, 0.3) is 0 Å².